The molecule has 0 amide bonds. The molecule has 21 heavy (non-hydrogen) atoms. The zero-order chi connectivity index (χ0) is 14.7. The van der Waals surface area contributed by atoms with E-state index in [0.29, 0.717) is 23.9 Å². The first kappa shape index (κ1) is 13.7. The molecule has 9 nitrogen and oxygen atoms in total. The summed E-state index contributed by atoms with van der Waals surface area (Å²) in [4.78, 5) is 19.3. The highest BCUT2D eigenvalue weighted by molar-refractivity contribution is 5.37. The van der Waals surface area contributed by atoms with Crippen molar-refractivity contribution in [2.45, 2.75) is 18.9 Å². The molecule has 0 atom stereocenters. The molecule has 2 aromatic rings. The van der Waals surface area contributed by atoms with Crippen molar-refractivity contribution in [3.8, 4) is 5.95 Å². The molecule has 3 heterocycles. The summed E-state index contributed by atoms with van der Waals surface area (Å²) in [5, 5.41) is 10.4. The van der Waals surface area contributed by atoms with Crippen LogP contribution in [-0.4, -0.2) is 67.8 Å². The van der Waals surface area contributed by atoms with Gasteiger partial charge in [-0.15, -0.1) is 0 Å². The maximum atomic E-state index is 4.41. The van der Waals surface area contributed by atoms with Crippen LogP contribution in [0, 0.1) is 0 Å². The van der Waals surface area contributed by atoms with E-state index in [9.17, 15) is 0 Å². The zero-order valence-electron chi connectivity index (χ0n) is 12.2. The van der Waals surface area contributed by atoms with Crippen LogP contribution < -0.4 is 10.6 Å². The molecule has 0 bridgehead atoms. The largest absolute Gasteiger partial charge is 0.357 e. The van der Waals surface area contributed by atoms with Gasteiger partial charge in [-0.1, -0.05) is 0 Å². The fraction of sp³-hybridized carbons (Fsp3) is 0.583. The molecule has 2 aromatic heterocycles. The lowest BCUT2D eigenvalue weighted by molar-refractivity contribution is 0.263. The topological polar surface area (TPSA) is 96.7 Å². The van der Waals surface area contributed by atoms with Crippen LogP contribution in [0.15, 0.2) is 12.7 Å². The molecule has 112 valence electrons. The van der Waals surface area contributed by atoms with Crippen LogP contribution >= 0.6 is 0 Å². The van der Waals surface area contributed by atoms with Gasteiger partial charge in [0.1, 0.15) is 12.7 Å². The molecule has 0 radical (unpaired) electrons. The standard InChI is InChI=1S/C12H19N9/c1-13-10-17-11(16-9-3-5-20(2)6-4-9)19-12(18-10)21-8-14-7-15-21/h7-9H,3-6H2,1-2H3,(H2,13,16,17,18,19). The van der Waals surface area contributed by atoms with Crippen LogP contribution in [0.25, 0.3) is 5.95 Å². The first-order chi connectivity index (χ1) is 10.2. The van der Waals surface area contributed by atoms with Crippen molar-refractivity contribution in [1.29, 1.82) is 0 Å². The van der Waals surface area contributed by atoms with Crippen molar-refractivity contribution in [3.05, 3.63) is 12.7 Å². The summed E-state index contributed by atoms with van der Waals surface area (Å²) in [5.41, 5.74) is 0. The number of aromatic nitrogens is 6. The van der Waals surface area contributed by atoms with E-state index in [0.717, 1.165) is 25.9 Å². The fourth-order valence-electron chi connectivity index (χ4n) is 2.29. The van der Waals surface area contributed by atoms with Crippen molar-refractivity contribution in [2.75, 3.05) is 37.8 Å². The second-order valence-corrected chi connectivity index (χ2v) is 5.09. The van der Waals surface area contributed by atoms with Gasteiger partial charge in [0, 0.05) is 13.1 Å². The molecule has 2 N–H and O–H groups in total. The van der Waals surface area contributed by atoms with Crippen molar-refractivity contribution < 1.29 is 0 Å². The van der Waals surface area contributed by atoms with E-state index in [1.165, 1.54) is 11.0 Å². The van der Waals surface area contributed by atoms with Crippen LogP contribution in [0.5, 0.6) is 0 Å². The van der Waals surface area contributed by atoms with E-state index in [4.69, 9.17) is 0 Å². The Balaban J connectivity index is 1.79. The summed E-state index contributed by atoms with van der Waals surface area (Å²) < 4.78 is 1.52. The highest BCUT2D eigenvalue weighted by atomic mass is 15.4. The fourth-order valence-corrected chi connectivity index (χ4v) is 2.29. The third-order valence-corrected chi connectivity index (χ3v) is 3.52. The third kappa shape index (κ3) is 3.24. The molecule has 1 fully saturated rings. The highest BCUT2D eigenvalue weighted by Crippen LogP contribution is 2.14. The SMILES string of the molecule is CNc1nc(NC2CCN(C)CC2)nc(-n2cncn2)n1. The minimum atomic E-state index is 0.386. The van der Waals surface area contributed by atoms with Crippen molar-refractivity contribution >= 4 is 11.9 Å². The molecule has 0 saturated carbocycles. The maximum Gasteiger partial charge on any atom is 0.258 e. The molecule has 0 aliphatic carbocycles. The molecule has 1 aliphatic rings. The molecule has 0 spiro atoms. The Morgan fingerprint density at radius 3 is 2.57 bits per heavy atom. The van der Waals surface area contributed by atoms with Gasteiger partial charge in [0.05, 0.1) is 0 Å². The summed E-state index contributed by atoms with van der Waals surface area (Å²) in [6.45, 7) is 2.16. The van der Waals surface area contributed by atoms with E-state index in [-0.39, 0.29) is 0 Å². The smallest absolute Gasteiger partial charge is 0.258 e. The monoisotopic (exact) mass is 289 g/mol. The molecule has 1 saturated heterocycles. The predicted octanol–water partition coefficient (Wildman–Crippen LogP) is 0.000100. The lowest BCUT2D eigenvalue weighted by Crippen LogP contribution is -2.37. The van der Waals surface area contributed by atoms with Gasteiger partial charge >= 0.3 is 0 Å². The number of hydrogen-bond acceptors (Lipinski definition) is 8. The van der Waals surface area contributed by atoms with E-state index >= 15 is 0 Å². The number of anilines is 2. The van der Waals surface area contributed by atoms with Gasteiger partial charge in [0.15, 0.2) is 0 Å². The van der Waals surface area contributed by atoms with E-state index < -0.39 is 0 Å². The summed E-state index contributed by atoms with van der Waals surface area (Å²) in [7, 11) is 3.92. The molecule has 0 aromatic carbocycles. The number of piperidine rings is 1. The average Bonchev–Trinajstić information content (AvgIpc) is 3.04. The normalized spacial score (nSPS) is 16.9. The molecule has 9 heteroatoms. The first-order valence-corrected chi connectivity index (χ1v) is 6.98. The van der Waals surface area contributed by atoms with E-state index in [1.54, 1.807) is 13.4 Å². The second kappa shape index (κ2) is 6.00. The van der Waals surface area contributed by atoms with Gasteiger partial charge < -0.3 is 15.5 Å². The Kier molecular flexibility index (Phi) is 3.91. The van der Waals surface area contributed by atoms with Crippen LogP contribution in [-0.2, 0) is 0 Å². The third-order valence-electron chi connectivity index (χ3n) is 3.52. The molecule has 0 unspecified atom stereocenters. The average molecular weight is 289 g/mol. The first-order valence-electron chi connectivity index (χ1n) is 6.98. The summed E-state index contributed by atoms with van der Waals surface area (Å²) >= 11 is 0. The number of hydrogen-bond donors (Lipinski definition) is 2. The Labute approximate surface area is 122 Å². The minimum Gasteiger partial charge on any atom is -0.357 e. The number of likely N-dealkylation sites (tertiary alicyclic amines) is 1. The predicted molar refractivity (Wildman–Crippen MR) is 78.4 cm³/mol. The summed E-state index contributed by atoms with van der Waals surface area (Å²) in [6.07, 6.45) is 5.17. The van der Waals surface area contributed by atoms with Gasteiger partial charge in [-0.2, -0.15) is 24.7 Å². The van der Waals surface area contributed by atoms with Crippen LogP contribution in [0.3, 0.4) is 0 Å². The Morgan fingerprint density at radius 2 is 1.90 bits per heavy atom. The van der Waals surface area contributed by atoms with Gasteiger partial charge in [0.2, 0.25) is 11.9 Å². The highest BCUT2D eigenvalue weighted by Gasteiger charge is 2.18. The minimum absolute atomic E-state index is 0.386. The van der Waals surface area contributed by atoms with Crippen LogP contribution in [0.1, 0.15) is 12.8 Å². The van der Waals surface area contributed by atoms with Gasteiger partial charge in [0.25, 0.3) is 5.95 Å². The van der Waals surface area contributed by atoms with Crippen LogP contribution in [0.4, 0.5) is 11.9 Å². The van der Waals surface area contributed by atoms with Gasteiger partial charge in [-0.3, -0.25) is 0 Å². The van der Waals surface area contributed by atoms with Crippen molar-refractivity contribution in [3.63, 3.8) is 0 Å². The number of nitrogens with one attached hydrogen (secondary N) is 2. The van der Waals surface area contributed by atoms with Crippen molar-refractivity contribution in [1.82, 2.24) is 34.6 Å². The molecule has 1 aliphatic heterocycles. The Hall–Kier alpha value is -2.29. The summed E-state index contributed by atoms with van der Waals surface area (Å²) in [6, 6.07) is 0.386. The number of nitrogens with zero attached hydrogens (tertiary/aromatic N) is 7. The molecule has 3 rings (SSSR count). The molecular formula is C12H19N9. The van der Waals surface area contributed by atoms with Crippen molar-refractivity contribution in [2.24, 2.45) is 0 Å². The van der Waals surface area contributed by atoms with Gasteiger partial charge in [-0.25, -0.2) is 4.98 Å². The lowest BCUT2D eigenvalue weighted by atomic mass is 10.1. The Morgan fingerprint density at radius 1 is 1.14 bits per heavy atom. The van der Waals surface area contributed by atoms with E-state index in [1.807, 2.05) is 0 Å². The molecular weight excluding hydrogens is 270 g/mol. The lowest BCUT2D eigenvalue weighted by Gasteiger charge is -2.29. The number of rotatable bonds is 4. The van der Waals surface area contributed by atoms with E-state index in [2.05, 4.69) is 47.6 Å². The second-order valence-electron chi connectivity index (χ2n) is 5.09. The zero-order valence-corrected chi connectivity index (χ0v) is 12.2. The maximum absolute atomic E-state index is 4.41. The quantitative estimate of drug-likeness (QED) is 0.812. The summed E-state index contributed by atoms with van der Waals surface area (Å²) in [5.74, 6) is 1.52. The Bertz CT molecular complexity index is 574. The van der Waals surface area contributed by atoms with Gasteiger partial charge in [-0.05, 0) is 33.0 Å². The van der Waals surface area contributed by atoms with Crippen LogP contribution in [0.2, 0.25) is 0 Å².